The first-order chi connectivity index (χ1) is 10.5. The highest BCUT2D eigenvalue weighted by Gasteiger charge is 2.19. The number of sulfonamides is 1. The van der Waals surface area contributed by atoms with Gasteiger partial charge in [0.25, 0.3) is 10.0 Å². The Morgan fingerprint density at radius 1 is 1.00 bits per heavy atom. The molecule has 1 aliphatic carbocycles. The quantitative estimate of drug-likeness (QED) is 0.935. The lowest BCUT2D eigenvalue weighted by Gasteiger charge is -2.17. The van der Waals surface area contributed by atoms with Gasteiger partial charge in [-0.2, -0.15) is 0 Å². The number of halogens is 1. The molecule has 0 fully saturated rings. The van der Waals surface area contributed by atoms with Crippen molar-refractivity contribution < 1.29 is 12.8 Å². The van der Waals surface area contributed by atoms with Crippen LogP contribution >= 0.6 is 0 Å². The van der Waals surface area contributed by atoms with Crippen LogP contribution in [0.1, 0.15) is 29.5 Å². The van der Waals surface area contributed by atoms with Crippen LogP contribution < -0.4 is 4.72 Å². The molecule has 3 rings (SSSR count). The molecule has 0 unspecified atom stereocenters. The SMILES string of the molecule is Cc1ccc(F)c(NS(=O)(=O)c2ccc3c(c2)CCCC3)c1. The Hall–Kier alpha value is -1.88. The second kappa shape index (κ2) is 5.72. The van der Waals surface area contributed by atoms with Gasteiger partial charge < -0.3 is 0 Å². The standard InChI is InChI=1S/C17H18FNO2S/c1-12-6-9-16(18)17(10-12)19-22(20,21)15-8-7-13-4-2-3-5-14(13)11-15/h6-11,19H,2-5H2,1H3. The van der Waals surface area contributed by atoms with Crippen LogP contribution in [0.4, 0.5) is 10.1 Å². The molecule has 116 valence electrons. The molecule has 0 spiro atoms. The van der Waals surface area contributed by atoms with Gasteiger partial charge in [-0.05, 0) is 73.6 Å². The van der Waals surface area contributed by atoms with Gasteiger partial charge in [-0.3, -0.25) is 4.72 Å². The first kappa shape index (κ1) is 15.0. The second-order valence-corrected chi connectivity index (χ2v) is 7.41. The third-order valence-corrected chi connectivity index (χ3v) is 5.36. The summed E-state index contributed by atoms with van der Waals surface area (Å²) in [5.41, 5.74) is 3.08. The number of fused-ring (bicyclic) bond motifs is 1. The maximum atomic E-state index is 13.8. The summed E-state index contributed by atoms with van der Waals surface area (Å²) in [6, 6.07) is 9.54. The molecule has 0 heterocycles. The molecule has 0 radical (unpaired) electrons. The average Bonchev–Trinajstić information content (AvgIpc) is 2.50. The van der Waals surface area contributed by atoms with E-state index in [9.17, 15) is 12.8 Å². The normalized spacial score (nSPS) is 14.5. The largest absolute Gasteiger partial charge is 0.277 e. The predicted molar refractivity (Wildman–Crippen MR) is 85.0 cm³/mol. The first-order valence-corrected chi connectivity index (χ1v) is 8.85. The maximum Gasteiger partial charge on any atom is 0.261 e. The molecule has 0 atom stereocenters. The van der Waals surface area contributed by atoms with E-state index in [0.29, 0.717) is 0 Å². The van der Waals surface area contributed by atoms with Crippen LogP contribution in [0.25, 0.3) is 0 Å². The van der Waals surface area contributed by atoms with Crippen LogP contribution in [0.5, 0.6) is 0 Å². The molecular formula is C17H18FNO2S. The fourth-order valence-corrected chi connectivity index (χ4v) is 3.91. The monoisotopic (exact) mass is 319 g/mol. The number of nitrogens with one attached hydrogen (secondary N) is 1. The van der Waals surface area contributed by atoms with Crippen molar-refractivity contribution in [2.75, 3.05) is 4.72 Å². The molecule has 2 aromatic carbocycles. The van der Waals surface area contributed by atoms with Crippen LogP contribution in [0.2, 0.25) is 0 Å². The highest BCUT2D eigenvalue weighted by Crippen LogP contribution is 2.26. The molecule has 1 N–H and O–H groups in total. The average molecular weight is 319 g/mol. The Kier molecular flexibility index (Phi) is 3.91. The van der Waals surface area contributed by atoms with Crippen molar-refractivity contribution in [2.45, 2.75) is 37.5 Å². The van der Waals surface area contributed by atoms with Crippen molar-refractivity contribution in [2.24, 2.45) is 0 Å². The molecule has 5 heteroatoms. The fraction of sp³-hybridized carbons (Fsp3) is 0.294. The zero-order valence-corrected chi connectivity index (χ0v) is 13.2. The van der Waals surface area contributed by atoms with Crippen molar-refractivity contribution in [3.63, 3.8) is 0 Å². The summed E-state index contributed by atoms with van der Waals surface area (Å²) in [6.07, 6.45) is 4.12. The zero-order chi connectivity index (χ0) is 15.7. The minimum atomic E-state index is -3.78. The third kappa shape index (κ3) is 2.99. The summed E-state index contributed by atoms with van der Waals surface area (Å²) in [7, 11) is -3.78. The molecule has 0 aromatic heterocycles. The molecule has 0 bridgehead atoms. The van der Waals surface area contributed by atoms with Crippen LogP contribution in [0, 0.1) is 12.7 Å². The van der Waals surface area contributed by atoms with Gasteiger partial charge in [0, 0.05) is 0 Å². The van der Waals surface area contributed by atoms with Crippen LogP contribution in [-0.4, -0.2) is 8.42 Å². The topological polar surface area (TPSA) is 46.2 Å². The van der Waals surface area contributed by atoms with Gasteiger partial charge in [0.15, 0.2) is 0 Å². The fourth-order valence-electron chi connectivity index (χ4n) is 2.80. The molecule has 0 amide bonds. The number of rotatable bonds is 3. The summed E-state index contributed by atoms with van der Waals surface area (Å²) >= 11 is 0. The van der Waals surface area contributed by atoms with Gasteiger partial charge in [0.05, 0.1) is 10.6 Å². The number of hydrogen-bond acceptors (Lipinski definition) is 2. The van der Waals surface area contributed by atoms with Crippen molar-refractivity contribution in [3.05, 3.63) is 58.9 Å². The van der Waals surface area contributed by atoms with E-state index in [1.54, 1.807) is 25.1 Å². The lowest BCUT2D eigenvalue weighted by molar-refractivity contribution is 0.598. The molecule has 3 nitrogen and oxygen atoms in total. The number of hydrogen-bond donors (Lipinski definition) is 1. The molecule has 1 aliphatic rings. The van der Waals surface area contributed by atoms with Crippen molar-refractivity contribution >= 4 is 15.7 Å². The van der Waals surface area contributed by atoms with E-state index in [2.05, 4.69) is 4.72 Å². The van der Waals surface area contributed by atoms with E-state index in [4.69, 9.17) is 0 Å². The summed E-state index contributed by atoms with van der Waals surface area (Å²) in [4.78, 5) is 0.189. The molecule has 0 saturated carbocycles. The minimum absolute atomic E-state index is 0.0160. The van der Waals surface area contributed by atoms with E-state index in [-0.39, 0.29) is 10.6 Å². The van der Waals surface area contributed by atoms with Crippen molar-refractivity contribution in [3.8, 4) is 0 Å². The second-order valence-electron chi connectivity index (χ2n) is 5.73. The summed E-state index contributed by atoms with van der Waals surface area (Å²) in [6.45, 7) is 1.79. The minimum Gasteiger partial charge on any atom is -0.277 e. The molecule has 0 aliphatic heterocycles. The van der Waals surface area contributed by atoms with Gasteiger partial charge in [-0.15, -0.1) is 0 Å². The van der Waals surface area contributed by atoms with E-state index >= 15 is 0 Å². The van der Waals surface area contributed by atoms with E-state index < -0.39 is 15.8 Å². The summed E-state index contributed by atoms with van der Waals surface area (Å²) in [5, 5.41) is 0. The smallest absolute Gasteiger partial charge is 0.261 e. The third-order valence-electron chi connectivity index (χ3n) is 4.00. The summed E-state index contributed by atoms with van der Waals surface area (Å²) in [5.74, 6) is -0.577. The van der Waals surface area contributed by atoms with Gasteiger partial charge in [0.2, 0.25) is 0 Å². The number of aryl methyl sites for hydroxylation is 3. The Labute approximate surface area is 130 Å². The van der Waals surface area contributed by atoms with E-state index in [1.807, 2.05) is 6.07 Å². The summed E-state index contributed by atoms with van der Waals surface area (Å²) < 4.78 is 41.1. The maximum absolute atomic E-state index is 13.8. The lowest BCUT2D eigenvalue weighted by atomic mass is 9.92. The number of benzene rings is 2. The Bertz CT molecular complexity index is 815. The van der Waals surface area contributed by atoms with Gasteiger partial charge >= 0.3 is 0 Å². The van der Waals surface area contributed by atoms with E-state index in [0.717, 1.165) is 36.8 Å². The van der Waals surface area contributed by atoms with Gasteiger partial charge in [0.1, 0.15) is 5.82 Å². The molecule has 22 heavy (non-hydrogen) atoms. The molecule has 2 aromatic rings. The lowest BCUT2D eigenvalue weighted by Crippen LogP contribution is -2.15. The first-order valence-electron chi connectivity index (χ1n) is 7.36. The highest BCUT2D eigenvalue weighted by molar-refractivity contribution is 7.92. The highest BCUT2D eigenvalue weighted by atomic mass is 32.2. The van der Waals surface area contributed by atoms with Crippen molar-refractivity contribution in [1.82, 2.24) is 0 Å². The van der Waals surface area contributed by atoms with Crippen molar-refractivity contribution in [1.29, 1.82) is 0 Å². The van der Waals surface area contributed by atoms with Crippen LogP contribution in [0.15, 0.2) is 41.3 Å². The van der Waals surface area contributed by atoms with Gasteiger partial charge in [-0.1, -0.05) is 12.1 Å². The van der Waals surface area contributed by atoms with Crippen LogP contribution in [-0.2, 0) is 22.9 Å². The zero-order valence-electron chi connectivity index (χ0n) is 12.4. The Morgan fingerprint density at radius 2 is 1.73 bits per heavy atom. The number of anilines is 1. The molecule has 0 saturated heterocycles. The Balaban J connectivity index is 1.94. The van der Waals surface area contributed by atoms with Crippen LogP contribution in [0.3, 0.4) is 0 Å². The van der Waals surface area contributed by atoms with E-state index in [1.165, 1.54) is 17.7 Å². The Morgan fingerprint density at radius 3 is 2.50 bits per heavy atom. The molecular weight excluding hydrogens is 301 g/mol. The van der Waals surface area contributed by atoms with Gasteiger partial charge in [-0.25, -0.2) is 12.8 Å². The predicted octanol–water partition coefficient (Wildman–Crippen LogP) is 3.81.